The van der Waals surface area contributed by atoms with Crippen LogP contribution >= 0.6 is 0 Å². The standard InChI is InChI=1S/C16H17FN4O2/c17-12-3-4-14-11(6-12)7-15(23-14)16(22)20-5-1-2-13(8-20)21-10-18-9-19-21/h3-4,6,9-10,13,15H,1-2,5,7-8H2/t13-,15+/m1/s1. The highest BCUT2D eigenvalue weighted by molar-refractivity contribution is 5.82. The van der Waals surface area contributed by atoms with E-state index in [9.17, 15) is 9.18 Å². The zero-order chi connectivity index (χ0) is 15.8. The second-order valence-electron chi connectivity index (χ2n) is 6.02. The number of carbonyl (C=O) groups excluding carboxylic acids is 1. The zero-order valence-corrected chi connectivity index (χ0v) is 12.6. The van der Waals surface area contributed by atoms with Gasteiger partial charge in [0.1, 0.15) is 24.2 Å². The van der Waals surface area contributed by atoms with Crippen molar-refractivity contribution in [3.63, 3.8) is 0 Å². The maximum atomic E-state index is 13.3. The van der Waals surface area contributed by atoms with E-state index in [1.165, 1.54) is 18.5 Å². The number of piperidine rings is 1. The summed E-state index contributed by atoms with van der Waals surface area (Å²) in [6.45, 7) is 1.32. The van der Waals surface area contributed by atoms with Gasteiger partial charge >= 0.3 is 0 Å². The number of likely N-dealkylation sites (tertiary alicyclic amines) is 1. The number of hydrogen-bond acceptors (Lipinski definition) is 4. The highest BCUT2D eigenvalue weighted by Gasteiger charge is 2.35. The topological polar surface area (TPSA) is 60.2 Å². The molecule has 1 saturated heterocycles. The summed E-state index contributed by atoms with van der Waals surface area (Å²) in [4.78, 5) is 18.5. The first kappa shape index (κ1) is 14.2. The molecule has 2 atom stereocenters. The molecule has 0 bridgehead atoms. The summed E-state index contributed by atoms with van der Waals surface area (Å²) >= 11 is 0. The fourth-order valence-corrected chi connectivity index (χ4v) is 3.34. The van der Waals surface area contributed by atoms with Crippen LogP contribution in [0.25, 0.3) is 0 Å². The minimum absolute atomic E-state index is 0.0357. The number of ether oxygens (including phenoxy) is 1. The summed E-state index contributed by atoms with van der Waals surface area (Å²) < 4.78 is 20.8. The summed E-state index contributed by atoms with van der Waals surface area (Å²) in [6, 6.07) is 4.54. The molecular weight excluding hydrogens is 299 g/mol. The lowest BCUT2D eigenvalue weighted by Crippen LogP contribution is -2.46. The van der Waals surface area contributed by atoms with Crippen molar-refractivity contribution < 1.29 is 13.9 Å². The molecule has 0 unspecified atom stereocenters. The molecular formula is C16H17FN4O2. The van der Waals surface area contributed by atoms with Crippen LogP contribution in [-0.2, 0) is 11.2 Å². The van der Waals surface area contributed by atoms with Crippen LogP contribution in [0.1, 0.15) is 24.4 Å². The Morgan fingerprint density at radius 3 is 3.13 bits per heavy atom. The van der Waals surface area contributed by atoms with Gasteiger partial charge < -0.3 is 9.64 Å². The second-order valence-corrected chi connectivity index (χ2v) is 6.02. The quantitative estimate of drug-likeness (QED) is 0.844. The first-order chi connectivity index (χ1) is 11.2. The Balaban J connectivity index is 1.45. The predicted octanol–water partition coefficient (Wildman–Crippen LogP) is 1.58. The maximum absolute atomic E-state index is 13.3. The average molecular weight is 316 g/mol. The first-order valence-corrected chi connectivity index (χ1v) is 7.78. The van der Waals surface area contributed by atoms with Gasteiger partial charge in [-0.1, -0.05) is 0 Å². The predicted molar refractivity (Wildman–Crippen MR) is 79.4 cm³/mol. The molecule has 2 aliphatic heterocycles. The van der Waals surface area contributed by atoms with E-state index in [1.54, 1.807) is 17.1 Å². The fourth-order valence-electron chi connectivity index (χ4n) is 3.34. The van der Waals surface area contributed by atoms with E-state index in [2.05, 4.69) is 10.1 Å². The summed E-state index contributed by atoms with van der Waals surface area (Å²) in [7, 11) is 0. The minimum Gasteiger partial charge on any atom is -0.480 e. The SMILES string of the molecule is O=C([C@@H]1Cc2cc(F)ccc2O1)N1CCC[C@@H](n2cncn2)C1. The molecule has 7 heteroatoms. The molecule has 1 fully saturated rings. The van der Waals surface area contributed by atoms with Gasteiger partial charge in [-0.05, 0) is 31.0 Å². The zero-order valence-electron chi connectivity index (χ0n) is 12.6. The van der Waals surface area contributed by atoms with Crippen molar-refractivity contribution in [2.45, 2.75) is 31.4 Å². The molecule has 120 valence electrons. The lowest BCUT2D eigenvalue weighted by molar-refractivity contribution is -0.139. The van der Waals surface area contributed by atoms with Crippen molar-refractivity contribution in [1.82, 2.24) is 19.7 Å². The van der Waals surface area contributed by atoms with Crippen molar-refractivity contribution >= 4 is 5.91 Å². The summed E-state index contributed by atoms with van der Waals surface area (Å²) in [6.07, 6.45) is 4.96. The molecule has 6 nitrogen and oxygen atoms in total. The molecule has 0 saturated carbocycles. The molecule has 4 rings (SSSR count). The number of carbonyl (C=O) groups is 1. The summed E-state index contributed by atoms with van der Waals surface area (Å²) in [5.74, 6) is 0.269. The van der Waals surface area contributed by atoms with Crippen LogP contribution in [0.5, 0.6) is 5.75 Å². The van der Waals surface area contributed by atoms with Crippen molar-refractivity contribution in [3.8, 4) is 5.75 Å². The van der Waals surface area contributed by atoms with Crippen LogP contribution < -0.4 is 4.74 Å². The van der Waals surface area contributed by atoms with Crippen molar-refractivity contribution in [2.24, 2.45) is 0 Å². The van der Waals surface area contributed by atoms with Crippen LogP contribution in [-0.4, -0.2) is 44.8 Å². The summed E-state index contributed by atoms with van der Waals surface area (Å²) in [5, 5.41) is 4.17. The van der Waals surface area contributed by atoms with E-state index in [0.717, 1.165) is 18.4 Å². The van der Waals surface area contributed by atoms with Gasteiger partial charge in [0, 0.05) is 25.1 Å². The van der Waals surface area contributed by atoms with E-state index in [0.29, 0.717) is 25.3 Å². The Hall–Kier alpha value is -2.44. The smallest absolute Gasteiger partial charge is 0.264 e. The molecule has 0 radical (unpaired) electrons. The minimum atomic E-state index is -0.554. The van der Waals surface area contributed by atoms with Gasteiger partial charge in [-0.15, -0.1) is 0 Å². The van der Waals surface area contributed by atoms with Crippen LogP contribution in [0.15, 0.2) is 30.9 Å². The maximum Gasteiger partial charge on any atom is 0.264 e. The number of fused-ring (bicyclic) bond motifs is 1. The molecule has 0 aliphatic carbocycles. The number of benzene rings is 1. The molecule has 3 heterocycles. The van der Waals surface area contributed by atoms with Crippen molar-refractivity contribution in [2.75, 3.05) is 13.1 Å². The molecule has 2 aliphatic rings. The molecule has 2 aromatic rings. The Morgan fingerprint density at radius 1 is 1.39 bits per heavy atom. The van der Waals surface area contributed by atoms with E-state index in [1.807, 2.05) is 4.90 Å². The van der Waals surface area contributed by atoms with Crippen LogP contribution in [0, 0.1) is 5.82 Å². The third kappa shape index (κ3) is 2.67. The number of halogens is 1. The van der Waals surface area contributed by atoms with Gasteiger partial charge in [-0.3, -0.25) is 4.79 Å². The third-order valence-corrected chi connectivity index (χ3v) is 4.49. The van der Waals surface area contributed by atoms with Gasteiger partial charge in [0.15, 0.2) is 6.10 Å². The molecule has 1 aromatic heterocycles. The van der Waals surface area contributed by atoms with E-state index in [-0.39, 0.29) is 17.8 Å². The van der Waals surface area contributed by atoms with Crippen molar-refractivity contribution in [3.05, 3.63) is 42.2 Å². The first-order valence-electron chi connectivity index (χ1n) is 7.78. The average Bonchev–Trinajstić information content (AvgIpc) is 3.23. The number of amides is 1. The monoisotopic (exact) mass is 316 g/mol. The number of aromatic nitrogens is 3. The highest BCUT2D eigenvalue weighted by atomic mass is 19.1. The Bertz CT molecular complexity index is 719. The van der Waals surface area contributed by atoms with Gasteiger partial charge in [-0.25, -0.2) is 14.1 Å². The molecule has 1 amide bonds. The van der Waals surface area contributed by atoms with Crippen LogP contribution in [0.2, 0.25) is 0 Å². The fraction of sp³-hybridized carbons (Fsp3) is 0.438. The van der Waals surface area contributed by atoms with Gasteiger partial charge in [0.2, 0.25) is 0 Å². The van der Waals surface area contributed by atoms with Gasteiger partial charge in [-0.2, -0.15) is 5.10 Å². The lowest BCUT2D eigenvalue weighted by Gasteiger charge is -2.33. The molecule has 1 aromatic carbocycles. The lowest BCUT2D eigenvalue weighted by atomic mass is 10.0. The highest BCUT2D eigenvalue weighted by Crippen LogP contribution is 2.31. The Labute approximate surface area is 132 Å². The number of rotatable bonds is 2. The summed E-state index contributed by atoms with van der Waals surface area (Å²) in [5.41, 5.74) is 0.758. The largest absolute Gasteiger partial charge is 0.480 e. The van der Waals surface area contributed by atoms with Gasteiger partial charge in [0.25, 0.3) is 5.91 Å². The molecule has 23 heavy (non-hydrogen) atoms. The Kier molecular flexibility index (Phi) is 3.48. The number of nitrogens with zero attached hydrogens (tertiary/aromatic N) is 4. The third-order valence-electron chi connectivity index (χ3n) is 4.49. The molecule has 0 spiro atoms. The van der Waals surface area contributed by atoms with Crippen LogP contribution in [0.4, 0.5) is 4.39 Å². The van der Waals surface area contributed by atoms with Crippen molar-refractivity contribution in [1.29, 1.82) is 0 Å². The van der Waals surface area contributed by atoms with E-state index in [4.69, 9.17) is 4.74 Å². The second kappa shape index (κ2) is 5.64. The Morgan fingerprint density at radius 2 is 2.30 bits per heavy atom. The normalized spacial score (nSPS) is 23.4. The molecule has 0 N–H and O–H groups in total. The number of hydrogen-bond donors (Lipinski definition) is 0. The van der Waals surface area contributed by atoms with E-state index < -0.39 is 6.10 Å². The van der Waals surface area contributed by atoms with E-state index >= 15 is 0 Å². The van der Waals surface area contributed by atoms with Crippen LogP contribution in [0.3, 0.4) is 0 Å². The van der Waals surface area contributed by atoms with Gasteiger partial charge in [0.05, 0.1) is 6.04 Å².